The lowest BCUT2D eigenvalue weighted by molar-refractivity contribution is -0.158. The maximum Gasteiger partial charge on any atom is 0.222 e. The van der Waals surface area contributed by atoms with E-state index in [2.05, 4.69) is 5.32 Å². The molecule has 1 amide bonds. The standard InChI is InChI=1S/C31H34F2N2O5/c32-23-8-12-28(33)22(14-23)17-35-18-24(36)19-38-20-30-29(35)13-11-27(40-30)15-31(37)34-16-21-6-9-26(10-7-21)39-25-4-2-1-3-5-25/h1-10,12,14,24,27,29-30,36H,11,13,15-20H2,(H,34,37)/t24-,27+,29+,30-/m0/s1. The summed E-state index contributed by atoms with van der Waals surface area (Å²) >= 11 is 0. The van der Waals surface area contributed by atoms with Gasteiger partial charge in [0.25, 0.3) is 0 Å². The molecule has 2 saturated heterocycles. The van der Waals surface area contributed by atoms with Gasteiger partial charge in [0.05, 0.1) is 37.9 Å². The molecule has 0 saturated carbocycles. The summed E-state index contributed by atoms with van der Waals surface area (Å²) in [7, 11) is 0. The first-order valence-corrected chi connectivity index (χ1v) is 13.6. The van der Waals surface area contributed by atoms with Gasteiger partial charge in [-0.1, -0.05) is 30.3 Å². The zero-order valence-electron chi connectivity index (χ0n) is 22.2. The van der Waals surface area contributed by atoms with Crippen LogP contribution in [0, 0.1) is 11.6 Å². The Morgan fingerprint density at radius 3 is 2.58 bits per heavy atom. The number of β-amino-alcohol motifs (C(OH)–C–C–N with tert-alkyl or cyclic N) is 1. The molecular formula is C31H34F2N2O5. The number of carbonyl (C=O) groups is 1. The molecule has 3 aromatic rings. The van der Waals surface area contributed by atoms with Gasteiger partial charge < -0.3 is 24.6 Å². The number of ether oxygens (including phenoxy) is 3. The Morgan fingerprint density at radius 2 is 1.77 bits per heavy atom. The van der Waals surface area contributed by atoms with Crippen LogP contribution in [-0.4, -0.2) is 60.0 Å². The van der Waals surface area contributed by atoms with Gasteiger partial charge in [0.15, 0.2) is 0 Å². The Hall–Kier alpha value is -3.37. The number of carbonyl (C=O) groups excluding carboxylic acids is 1. The largest absolute Gasteiger partial charge is 0.457 e. The molecule has 0 unspecified atom stereocenters. The fourth-order valence-corrected chi connectivity index (χ4v) is 5.29. The monoisotopic (exact) mass is 552 g/mol. The molecule has 2 aliphatic heterocycles. The van der Waals surface area contributed by atoms with Crippen molar-refractivity contribution in [1.29, 1.82) is 0 Å². The number of hydrogen-bond acceptors (Lipinski definition) is 6. The Bertz CT molecular complexity index is 1260. The average molecular weight is 553 g/mol. The SMILES string of the molecule is O=C(C[C@H]1CC[C@@H]2[C@H](COC[C@@H](O)CN2Cc2cc(F)ccc2F)O1)NCc1ccc(Oc2ccccc2)cc1. The van der Waals surface area contributed by atoms with Crippen LogP contribution in [-0.2, 0) is 27.4 Å². The van der Waals surface area contributed by atoms with Gasteiger partial charge in [0.2, 0.25) is 5.91 Å². The fraction of sp³-hybridized carbons (Fsp3) is 0.387. The molecule has 0 spiro atoms. The van der Waals surface area contributed by atoms with Crippen LogP contribution in [0.1, 0.15) is 30.4 Å². The Kier molecular flexibility index (Phi) is 9.38. The van der Waals surface area contributed by atoms with E-state index in [1.807, 2.05) is 59.5 Å². The van der Waals surface area contributed by atoms with Crippen molar-refractivity contribution in [2.45, 2.75) is 56.7 Å². The number of aliphatic hydroxyl groups excluding tert-OH is 1. The van der Waals surface area contributed by atoms with E-state index in [0.717, 1.165) is 29.2 Å². The van der Waals surface area contributed by atoms with Gasteiger partial charge in [-0.15, -0.1) is 0 Å². The van der Waals surface area contributed by atoms with Gasteiger partial charge in [0.1, 0.15) is 23.1 Å². The van der Waals surface area contributed by atoms with E-state index in [-0.39, 0.29) is 62.4 Å². The van der Waals surface area contributed by atoms with Crippen LogP contribution in [0.4, 0.5) is 8.78 Å². The molecule has 0 radical (unpaired) electrons. The first-order valence-electron chi connectivity index (χ1n) is 13.6. The van der Waals surface area contributed by atoms with E-state index in [4.69, 9.17) is 14.2 Å². The van der Waals surface area contributed by atoms with Crippen LogP contribution in [0.2, 0.25) is 0 Å². The van der Waals surface area contributed by atoms with E-state index >= 15 is 0 Å². The second kappa shape index (κ2) is 13.3. The molecule has 4 atom stereocenters. The Labute approximate surface area is 232 Å². The van der Waals surface area contributed by atoms with Crippen molar-refractivity contribution in [3.05, 3.63) is 95.6 Å². The van der Waals surface area contributed by atoms with Gasteiger partial charge in [-0.3, -0.25) is 9.69 Å². The van der Waals surface area contributed by atoms with Crippen molar-refractivity contribution in [3.8, 4) is 11.5 Å². The average Bonchev–Trinajstić information content (AvgIpc) is 2.94. The molecule has 212 valence electrons. The number of nitrogens with one attached hydrogen (secondary N) is 1. The summed E-state index contributed by atoms with van der Waals surface area (Å²) in [5, 5.41) is 13.3. The number of benzene rings is 3. The molecule has 3 aromatic carbocycles. The molecule has 0 aliphatic carbocycles. The number of hydrogen-bond donors (Lipinski definition) is 2. The summed E-state index contributed by atoms with van der Waals surface area (Å²) in [5.74, 6) is 0.360. The van der Waals surface area contributed by atoms with Gasteiger partial charge in [-0.05, 0) is 60.9 Å². The summed E-state index contributed by atoms with van der Waals surface area (Å²) in [6.07, 6.45) is 0.118. The minimum absolute atomic E-state index is 0.117. The van der Waals surface area contributed by atoms with Crippen molar-refractivity contribution in [1.82, 2.24) is 10.2 Å². The molecule has 2 fully saturated rings. The highest BCUT2D eigenvalue weighted by atomic mass is 19.1. The maximum absolute atomic E-state index is 14.4. The Balaban J connectivity index is 1.13. The summed E-state index contributed by atoms with van der Waals surface area (Å²) in [6.45, 7) is 1.15. The van der Waals surface area contributed by atoms with Crippen LogP contribution >= 0.6 is 0 Å². The van der Waals surface area contributed by atoms with Crippen LogP contribution in [0.3, 0.4) is 0 Å². The predicted octanol–water partition coefficient (Wildman–Crippen LogP) is 4.57. The zero-order chi connectivity index (χ0) is 27.9. The van der Waals surface area contributed by atoms with E-state index in [9.17, 15) is 18.7 Å². The van der Waals surface area contributed by atoms with Crippen molar-refractivity contribution in [2.24, 2.45) is 0 Å². The number of fused-ring (bicyclic) bond motifs is 1. The third-order valence-electron chi connectivity index (χ3n) is 7.27. The lowest BCUT2D eigenvalue weighted by Crippen LogP contribution is -2.55. The van der Waals surface area contributed by atoms with Crippen molar-refractivity contribution in [2.75, 3.05) is 19.8 Å². The molecule has 7 nitrogen and oxygen atoms in total. The highest BCUT2D eigenvalue weighted by Crippen LogP contribution is 2.29. The van der Waals surface area contributed by atoms with Gasteiger partial charge in [0, 0.05) is 31.2 Å². The second-order valence-electron chi connectivity index (χ2n) is 10.3. The van der Waals surface area contributed by atoms with E-state index in [0.29, 0.717) is 19.4 Å². The highest BCUT2D eigenvalue weighted by molar-refractivity contribution is 5.76. The first kappa shape index (κ1) is 28.2. The minimum atomic E-state index is -0.750. The molecule has 2 heterocycles. The van der Waals surface area contributed by atoms with Crippen LogP contribution in [0.15, 0.2) is 72.8 Å². The fourth-order valence-electron chi connectivity index (χ4n) is 5.29. The number of halogens is 2. The molecule has 5 rings (SSSR count). The third-order valence-corrected chi connectivity index (χ3v) is 7.27. The van der Waals surface area contributed by atoms with Crippen LogP contribution in [0.5, 0.6) is 11.5 Å². The first-order chi connectivity index (χ1) is 19.4. The van der Waals surface area contributed by atoms with Gasteiger partial charge >= 0.3 is 0 Å². The quantitative estimate of drug-likeness (QED) is 0.426. The third kappa shape index (κ3) is 7.63. The van der Waals surface area contributed by atoms with Crippen LogP contribution in [0.25, 0.3) is 0 Å². The predicted molar refractivity (Wildman–Crippen MR) is 145 cm³/mol. The van der Waals surface area contributed by atoms with Gasteiger partial charge in [-0.2, -0.15) is 0 Å². The number of rotatable bonds is 8. The summed E-state index contributed by atoms with van der Waals surface area (Å²) in [5.41, 5.74) is 1.18. The molecule has 2 N–H and O–H groups in total. The molecule has 40 heavy (non-hydrogen) atoms. The molecule has 2 aliphatic rings. The van der Waals surface area contributed by atoms with E-state index < -0.39 is 17.7 Å². The summed E-state index contributed by atoms with van der Waals surface area (Å²) < 4.78 is 45.9. The smallest absolute Gasteiger partial charge is 0.222 e. The van der Waals surface area contributed by atoms with Gasteiger partial charge in [-0.25, -0.2) is 8.78 Å². The molecule has 9 heteroatoms. The number of para-hydroxylation sites is 1. The van der Waals surface area contributed by atoms with Crippen molar-refractivity contribution in [3.63, 3.8) is 0 Å². The Morgan fingerprint density at radius 1 is 1.00 bits per heavy atom. The maximum atomic E-state index is 14.4. The minimum Gasteiger partial charge on any atom is -0.457 e. The normalized spacial score (nSPS) is 23.5. The topological polar surface area (TPSA) is 80.3 Å². The van der Waals surface area contributed by atoms with Crippen molar-refractivity contribution < 1.29 is 32.9 Å². The lowest BCUT2D eigenvalue weighted by atomic mass is 9.94. The van der Waals surface area contributed by atoms with Crippen molar-refractivity contribution >= 4 is 5.91 Å². The molecular weight excluding hydrogens is 518 g/mol. The lowest BCUT2D eigenvalue weighted by Gasteiger charge is -2.44. The summed E-state index contributed by atoms with van der Waals surface area (Å²) in [4.78, 5) is 14.7. The molecule has 0 aromatic heterocycles. The second-order valence-corrected chi connectivity index (χ2v) is 10.3. The zero-order valence-corrected chi connectivity index (χ0v) is 22.2. The number of amides is 1. The van der Waals surface area contributed by atoms with Crippen LogP contribution < -0.4 is 10.1 Å². The molecule has 0 bridgehead atoms. The number of aliphatic hydroxyl groups is 1. The van der Waals surface area contributed by atoms with E-state index in [1.165, 1.54) is 6.07 Å². The highest BCUT2D eigenvalue weighted by Gasteiger charge is 2.38. The summed E-state index contributed by atoms with van der Waals surface area (Å²) in [6, 6.07) is 20.3. The number of nitrogens with zero attached hydrogens (tertiary/aromatic N) is 1. The van der Waals surface area contributed by atoms with E-state index in [1.54, 1.807) is 0 Å².